The molecule has 1 N–H and O–H groups in total. The number of carboxylic acid groups (broad SMARTS) is 1. The molecule has 0 aliphatic carbocycles. The molecule has 2 aliphatic rings. The molecule has 1 aromatic carbocycles. The van der Waals surface area contributed by atoms with Crippen LogP contribution in [0.4, 0.5) is 4.39 Å². The molecule has 33 heavy (non-hydrogen) atoms. The van der Waals surface area contributed by atoms with Crippen molar-refractivity contribution in [3.05, 3.63) is 35.6 Å². The van der Waals surface area contributed by atoms with Gasteiger partial charge in [-0.15, -0.1) is 0 Å². The van der Waals surface area contributed by atoms with Crippen LogP contribution in [0.1, 0.15) is 65.4 Å². The van der Waals surface area contributed by atoms with E-state index in [2.05, 4.69) is 13.8 Å². The van der Waals surface area contributed by atoms with E-state index in [-0.39, 0.29) is 36.5 Å². The molecule has 7 heteroatoms. The van der Waals surface area contributed by atoms with Crippen LogP contribution in [0.25, 0.3) is 0 Å². The Balaban J connectivity index is 1.68. The van der Waals surface area contributed by atoms with Crippen LogP contribution in [0.2, 0.25) is 0 Å². The van der Waals surface area contributed by atoms with Gasteiger partial charge in [0.05, 0.1) is 11.8 Å². The molecule has 0 unspecified atom stereocenters. The van der Waals surface area contributed by atoms with Crippen LogP contribution in [0.5, 0.6) is 0 Å². The second-order valence-corrected chi connectivity index (χ2v) is 11.1. The lowest BCUT2D eigenvalue weighted by Crippen LogP contribution is -2.47. The fourth-order valence-corrected chi connectivity index (χ4v) is 5.41. The van der Waals surface area contributed by atoms with Crippen molar-refractivity contribution in [3.63, 3.8) is 0 Å². The summed E-state index contributed by atoms with van der Waals surface area (Å²) >= 11 is 0. The molecular weight excluding hydrogens is 423 g/mol. The van der Waals surface area contributed by atoms with Crippen LogP contribution in [0, 0.1) is 22.6 Å². The Kier molecular flexibility index (Phi) is 7.49. The summed E-state index contributed by atoms with van der Waals surface area (Å²) in [5.74, 6) is -0.678. The number of nitrogens with zero attached hydrogens (tertiary/aromatic N) is 2. The number of carbonyl (C=O) groups is 3. The van der Waals surface area contributed by atoms with Crippen molar-refractivity contribution in [2.45, 2.75) is 72.3 Å². The third-order valence-electron chi connectivity index (χ3n) is 7.06. The van der Waals surface area contributed by atoms with E-state index in [0.717, 1.165) is 12.0 Å². The third kappa shape index (κ3) is 6.12. The van der Waals surface area contributed by atoms with Gasteiger partial charge in [-0.2, -0.15) is 0 Å². The minimum Gasteiger partial charge on any atom is -0.481 e. The summed E-state index contributed by atoms with van der Waals surface area (Å²) in [5, 5.41) is 9.09. The number of aliphatic carboxylic acids is 1. The number of likely N-dealkylation sites (tertiary alicyclic amines) is 2. The van der Waals surface area contributed by atoms with Crippen LogP contribution in [0.3, 0.4) is 0 Å². The number of piperidine rings is 1. The molecular formula is C26H37FN2O4. The molecule has 0 radical (unpaired) electrons. The predicted octanol–water partition coefficient (Wildman–Crippen LogP) is 4.12. The highest BCUT2D eigenvalue weighted by Crippen LogP contribution is 2.46. The first-order chi connectivity index (χ1) is 15.4. The number of rotatable bonds is 8. The van der Waals surface area contributed by atoms with Crippen molar-refractivity contribution < 1.29 is 23.9 Å². The number of halogens is 1. The molecule has 2 amide bonds. The van der Waals surface area contributed by atoms with Gasteiger partial charge in [0.1, 0.15) is 5.82 Å². The molecule has 0 aromatic heterocycles. The van der Waals surface area contributed by atoms with Gasteiger partial charge in [0, 0.05) is 32.1 Å². The van der Waals surface area contributed by atoms with Crippen molar-refractivity contribution in [2.75, 3.05) is 19.6 Å². The molecule has 0 bridgehead atoms. The monoisotopic (exact) mass is 460 g/mol. The lowest BCUT2D eigenvalue weighted by atomic mass is 9.75. The standard InChI is InChI=1S/C26H37FN2O4/c1-18(2)17-29-21(13-19-5-7-20(27)8-6-19)14-26(24(29)33)9-11-28(12-10-26)22(30)15-25(3,4)16-23(31)32/h5-8,18,21H,9-17H2,1-4H3,(H,31,32)/t21-/m1/s1. The zero-order chi connectivity index (χ0) is 24.4. The van der Waals surface area contributed by atoms with Crippen molar-refractivity contribution >= 4 is 17.8 Å². The molecule has 1 atom stereocenters. The summed E-state index contributed by atoms with van der Waals surface area (Å²) in [5.41, 5.74) is -0.0315. The third-order valence-corrected chi connectivity index (χ3v) is 7.06. The van der Waals surface area contributed by atoms with Gasteiger partial charge in [-0.3, -0.25) is 14.4 Å². The van der Waals surface area contributed by atoms with Crippen LogP contribution in [-0.2, 0) is 20.8 Å². The maximum absolute atomic E-state index is 13.6. The van der Waals surface area contributed by atoms with Crippen LogP contribution < -0.4 is 0 Å². The van der Waals surface area contributed by atoms with E-state index in [9.17, 15) is 18.8 Å². The van der Waals surface area contributed by atoms with Crippen molar-refractivity contribution in [2.24, 2.45) is 16.7 Å². The molecule has 6 nitrogen and oxygen atoms in total. The van der Waals surface area contributed by atoms with Gasteiger partial charge in [0.15, 0.2) is 0 Å². The highest BCUT2D eigenvalue weighted by molar-refractivity contribution is 5.86. The second kappa shape index (κ2) is 9.82. The van der Waals surface area contributed by atoms with E-state index in [4.69, 9.17) is 5.11 Å². The summed E-state index contributed by atoms with van der Waals surface area (Å²) in [6.45, 7) is 9.54. The van der Waals surface area contributed by atoms with Crippen LogP contribution >= 0.6 is 0 Å². The van der Waals surface area contributed by atoms with Gasteiger partial charge in [-0.25, -0.2) is 4.39 Å². The van der Waals surface area contributed by atoms with E-state index in [1.165, 1.54) is 12.1 Å². The van der Waals surface area contributed by atoms with Crippen molar-refractivity contribution in [3.8, 4) is 0 Å². The van der Waals surface area contributed by atoms with Gasteiger partial charge < -0.3 is 14.9 Å². The Morgan fingerprint density at radius 2 is 1.76 bits per heavy atom. The number of benzene rings is 1. The molecule has 1 spiro atoms. The molecule has 2 aliphatic heterocycles. The molecule has 2 heterocycles. The quantitative estimate of drug-likeness (QED) is 0.633. The fraction of sp³-hybridized carbons (Fsp3) is 0.654. The number of hydrogen-bond donors (Lipinski definition) is 1. The number of amides is 2. The lowest BCUT2D eigenvalue weighted by Gasteiger charge is -2.39. The highest BCUT2D eigenvalue weighted by Gasteiger charge is 2.52. The van der Waals surface area contributed by atoms with Gasteiger partial charge in [-0.1, -0.05) is 39.8 Å². The molecule has 0 saturated carbocycles. The molecule has 3 rings (SSSR count). The van der Waals surface area contributed by atoms with Gasteiger partial charge in [0.2, 0.25) is 11.8 Å². The van der Waals surface area contributed by atoms with E-state index >= 15 is 0 Å². The maximum Gasteiger partial charge on any atom is 0.303 e. The average molecular weight is 461 g/mol. The SMILES string of the molecule is CC(C)CN1C(=O)C2(CCN(C(=O)CC(C)(C)CC(=O)O)CC2)C[C@H]1Cc1ccc(F)cc1. The average Bonchev–Trinajstić information content (AvgIpc) is 2.94. The zero-order valence-electron chi connectivity index (χ0n) is 20.3. The number of hydrogen-bond acceptors (Lipinski definition) is 3. The Labute approximate surface area is 196 Å². The van der Waals surface area contributed by atoms with Crippen molar-refractivity contribution in [1.82, 2.24) is 9.80 Å². The smallest absolute Gasteiger partial charge is 0.303 e. The molecule has 2 saturated heterocycles. The Bertz CT molecular complexity index is 873. The number of carbonyl (C=O) groups excluding carboxylic acids is 2. The summed E-state index contributed by atoms with van der Waals surface area (Å²) in [6.07, 6.45) is 2.85. The predicted molar refractivity (Wildman–Crippen MR) is 124 cm³/mol. The van der Waals surface area contributed by atoms with Gasteiger partial charge >= 0.3 is 5.97 Å². The van der Waals surface area contributed by atoms with Gasteiger partial charge in [0.25, 0.3) is 0 Å². The Hall–Kier alpha value is -2.44. The first-order valence-corrected chi connectivity index (χ1v) is 12.0. The first kappa shape index (κ1) is 25.2. The summed E-state index contributed by atoms with van der Waals surface area (Å²) < 4.78 is 13.3. The summed E-state index contributed by atoms with van der Waals surface area (Å²) in [6, 6.07) is 6.58. The zero-order valence-corrected chi connectivity index (χ0v) is 20.3. The second-order valence-electron chi connectivity index (χ2n) is 11.1. The highest BCUT2D eigenvalue weighted by atomic mass is 19.1. The fourth-order valence-electron chi connectivity index (χ4n) is 5.41. The van der Waals surface area contributed by atoms with Crippen LogP contribution in [-0.4, -0.2) is 58.4 Å². The van der Waals surface area contributed by atoms with E-state index in [1.807, 2.05) is 4.90 Å². The van der Waals surface area contributed by atoms with E-state index < -0.39 is 16.8 Å². The summed E-state index contributed by atoms with van der Waals surface area (Å²) in [4.78, 5) is 41.3. The first-order valence-electron chi connectivity index (χ1n) is 12.0. The van der Waals surface area contributed by atoms with Crippen molar-refractivity contribution in [1.29, 1.82) is 0 Å². The molecule has 1 aromatic rings. The Morgan fingerprint density at radius 3 is 2.30 bits per heavy atom. The maximum atomic E-state index is 13.6. The topological polar surface area (TPSA) is 77.9 Å². The number of carboxylic acids is 1. The largest absolute Gasteiger partial charge is 0.481 e. The minimum absolute atomic E-state index is 0.0385. The Morgan fingerprint density at radius 1 is 1.15 bits per heavy atom. The minimum atomic E-state index is -0.903. The molecule has 2 fully saturated rings. The summed E-state index contributed by atoms with van der Waals surface area (Å²) in [7, 11) is 0. The normalized spacial score (nSPS) is 20.7. The lowest BCUT2D eigenvalue weighted by molar-refractivity contribution is -0.145. The van der Waals surface area contributed by atoms with Gasteiger partial charge in [-0.05, 0) is 54.7 Å². The van der Waals surface area contributed by atoms with Crippen LogP contribution in [0.15, 0.2) is 24.3 Å². The van der Waals surface area contributed by atoms with E-state index in [1.54, 1.807) is 30.9 Å². The van der Waals surface area contributed by atoms with E-state index in [0.29, 0.717) is 44.8 Å². The molecule has 182 valence electrons.